The van der Waals surface area contributed by atoms with Gasteiger partial charge in [0, 0.05) is 42.4 Å². The Bertz CT molecular complexity index is 1650. The van der Waals surface area contributed by atoms with Crippen molar-refractivity contribution < 1.29 is 0 Å². The van der Waals surface area contributed by atoms with E-state index in [0.717, 1.165) is 29.1 Å². The van der Waals surface area contributed by atoms with Crippen LogP contribution < -0.4 is 9.80 Å². The van der Waals surface area contributed by atoms with Gasteiger partial charge in [-0.2, -0.15) is 0 Å². The molecule has 0 saturated heterocycles. The van der Waals surface area contributed by atoms with E-state index in [9.17, 15) is 0 Å². The highest BCUT2D eigenvalue weighted by Crippen LogP contribution is 2.30. The molecule has 0 amide bonds. The van der Waals surface area contributed by atoms with Crippen LogP contribution in [0.25, 0.3) is 17.2 Å². The Balaban J connectivity index is 1.99. The molecule has 0 spiro atoms. The zero-order valence-electron chi connectivity index (χ0n) is 28.7. The number of rotatable bonds is 14. The molecule has 0 heterocycles. The van der Waals surface area contributed by atoms with Crippen LogP contribution >= 0.6 is 0 Å². The molecule has 0 unspecified atom stereocenters. The van der Waals surface area contributed by atoms with E-state index in [-0.39, 0.29) is 0 Å². The molecule has 3 rings (SSSR count). The molecule has 0 N–H and O–H groups in total. The van der Waals surface area contributed by atoms with Crippen LogP contribution in [0.3, 0.4) is 0 Å². The topological polar surface area (TPSA) is 6.48 Å². The van der Waals surface area contributed by atoms with Crippen molar-refractivity contribution in [2.45, 2.75) is 48.0 Å². The number of allylic oxidation sites excluding steroid dienone is 13. The molecule has 0 aliphatic rings. The molecular weight excluding hydrogens is 556 g/mol. The standard InChI is InChI=1S/C44H50N2/c1-9-17-35(6)33-41(13-5)45(8)42-27-23-39(24-28-42)40-25-29-43(30-26-40)46(32-31-38(19-11-3)36(7)18-10-2)44(20-12-4)34-37-21-15-14-16-22-37/h9-32,34H,1,33H2,2-8H3/b18-10-,19-11-,20-12-,32-31+,35-17-,38-36-,41-13+,44-34+. The van der Waals surface area contributed by atoms with Gasteiger partial charge >= 0.3 is 0 Å². The summed E-state index contributed by atoms with van der Waals surface area (Å²) in [4.78, 5) is 4.51. The Morgan fingerprint density at radius 1 is 0.696 bits per heavy atom. The molecule has 0 aliphatic heterocycles. The lowest BCUT2D eigenvalue weighted by molar-refractivity contribution is 0.983. The highest BCUT2D eigenvalue weighted by molar-refractivity contribution is 5.72. The number of hydrogen-bond donors (Lipinski definition) is 0. The zero-order chi connectivity index (χ0) is 33.3. The smallest absolute Gasteiger partial charge is 0.0458 e. The predicted molar refractivity (Wildman–Crippen MR) is 206 cm³/mol. The van der Waals surface area contributed by atoms with Crippen LogP contribution in [0, 0.1) is 0 Å². The summed E-state index contributed by atoms with van der Waals surface area (Å²) < 4.78 is 0. The van der Waals surface area contributed by atoms with Gasteiger partial charge in [-0.1, -0.05) is 115 Å². The second kappa shape index (κ2) is 18.7. The van der Waals surface area contributed by atoms with E-state index in [1.807, 2.05) is 12.1 Å². The Labute approximate surface area is 278 Å². The third-order valence-electron chi connectivity index (χ3n) is 7.71. The lowest BCUT2D eigenvalue weighted by atomic mass is 10.0. The fraction of sp³-hybridized carbons (Fsp3) is 0.182. The van der Waals surface area contributed by atoms with Crippen LogP contribution in [0.15, 0.2) is 181 Å². The quantitative estimate of drug-likeness (QED) is 0.168. The van der Waals surface area contributed by atoms with E-state index in [0.29, 0.717) is 0 Å². The van der Waals surface area contributed by atoms with Crippen LogP contribution in [-0.2, 0) is 0 Å². The van der Waals surface area contributed by atoms with Crippen LogP contribution in [0.5, 0.6) is 0 Å². The normalized spacial score (nSPS) is 13.7. The van der Waals surface area contributed by atoms with Gasteiger partial charge in [-0.05, 0) is 112 Å². The maximum absolute atomic E-state index is 3.83. The van der Waals surface area contributed by atoms with Crippen molar-refractivity contribution in [3.63, 3.8) is 0 Å². The van der Waals surface area contributed by atoms with Gasteiger partial charge in [0.2, 0.25) is 0 Å². The minimum atomic E-state index is 0.891. The van der Waals surface area contributed by atoms with Crippen molar-refractivity contribution in [1.82, 2.24) is 0 Å². The first-order chi connectivity index (χ1) is 22.3. The molecule has 0 aromatic heterocycles. The third kappa shape index (κ3) is 10.2. The maximum atomic E-state index is 3.83. The van der Waals surface area contributed by atoms with E-state index < -0.39 is 0 Å². The summed E-state index contributed by atoms with van der Waals surface area (Å²) in [6.45, 7) is 16.4. The van der Waals surface area contributed by atoms with Crippen LogP contribution in [0.1, 0.15) is 53.5 Å². The molecule has 0 fully saturated rings. The molecule has 236 valence electrons. The Kier molecular flexibility index (Phi) is 14.4. The number of hydrogen-bond acceptors (Lipinski definition) is 2. The van der Waals surface area contributed by atoms with Crippen molar-refractivity contribution in [2.24, 2.45) is 0 Å². The monoisotopic (exact) mass is 606 g/mol. The van der Waals surface area contributed by atoms with Gasteiger partial charge in [0.1, 0.15) is 0 Å². The lowest BCUT2D eigenvalue weighted by Gasteiger charge is -2.24. The van der Waals surface area contributed by atoms with Gasteiger partial charge < -0.3 is 9.80 Å². The van der Waals surface area contributed by atoms with Crippen LogP contribution in [-0.4, -0.2) is 7.05 Å². The van der Waals surface area contributed by atoms with Gasteiger partial charge in [0.05, 0.1) is 0 Å². The summed E-state index contributed by atoms with van der Waals surface area (Å²) in [6, 6.07) is 28.1. The van der Waals surface area contributed by atoms with Gasteiger partial charge in [-0.15, -0.1) is 0 Å². The molecule has 2 nitrogen and oxygen atoms in total. The number of nitrogens with zero attached hydrogens (tertiary/aromatic N) is 2. The molecule has 0 aliphatic carbocycles. The summed E-state index contributed by atoms with van der Waals surface area (Å²) in [6.07, 6.45) is 26.3. The van der Waals surface area contributed by atoms with E-state index in [2.05, 4.69) is 205 Å². The minimum absolute atomic E-state index is 0.891. The largest absolute Gasteiger partial charge is 0.348 e. The molecule has 0 radical (unpaired) electrons. The molecular formula is C44H50N2. The zero-order valence-corrected chi connectivity index (χ0v) is 28.7. The average molecular weight is 607 g/mol. The maximum Gasteiger partial charge on any atom is 0.0458 e. The molecule has 3 aromatic rings. The highest BCUT2D eigenvalue weighted by Gasteiger charge is 2.11. The van der Waals surface area contributed by atoms with E-state index >= 15 is 0 Å². The first kappa shape index (κ1) is 35.4. The Morgan fingerprint density at radius 2 is 1.28 bits per heavy atom. The first-order valence-electron chi connectivity index (χ1n) is 16.1. The van der Waals surface area contributed by atoms with E-state index in [1.54, 1.807) is 0 Å². The molecule has 3 aromatic carbocycles. The number of anilines is 2. The Hall–Kier alpha value is -5.08. The summed E-state index contributed by atoms with van der Waals surface area (Å²) >= 11 is 0. The van der Waals surface area contributed by atoms with Gasteiger partial charge in [0.15, 0.2) is 0 Å². The Morgan fingerprint density at radius 3 is 1.83 bits per heavy atom. The second-order valence-electron chi connectivity index (χ2n) is 11.2. The highest BCUT2D eigenvalue weighted by atomic mass is 15.1. The number of benzene rings is 3. The van der Waals surface area contributed by atoms with Crippen molar-refractivity contribution in [1.29, 1.82) is 0 Å². The summed E-state index contributed by atoms with van der Waals surface area (Å²) in [5, 5.41) is 0. The molecule has 46 heavy (non-hydrogen) atoms. The van der Waals surface area contributed by atoms with Gasteiger partial charge in [-0.25, -0.2) is 0 Å². The average Bonchev–Trinajstić information content (AvgIpc) is 3.07. The summed E-state index contributed by atoms with van der Waals surface area (Å²) in [7, 11) is 2.13. The fourth-order valence-corrected chi connectivity index (χ4v) is 5.23. The van der Waals surface area contributed by atoms with Crippen molar-refractivity contribution in [3.8, 4) is 11.1 Å². The minimum Gasteiger partial charge on any atom is -0.348 e. The van der Waals surface area contributed by atoms with Crippen LogP contribution in [0.4, 0.5) is 11.4 Å². The first-order valence-corrected chi connectivity index (χ1v) is 16.1. The van der Waals surface area contributed by atoms with Gasteiger partial charge in [0.25, 0.3) is 0 Å². The van der Waals surface area contributed by atoms with Crippen molar-refractivity contribution >= 4 is 17.5 Å². The predicted octanol–water partition coefficient (Wildman–Crippen LogP) is 12.6. The fourth-order valence-electron chi connectivity index (χ4n) is 5.23. The van der Waals surface area contributed by atoms with Gasteiger partial charge in [-0.3, -0.25) is 0 Å². The summed E-state index contributed by atoms with van der Waals surface area (Å²) in [5.74, 6) is 0. The van der Waals surface area contributed by atoms with Crippen LogP contribution in [0.2, 0.25) is 0 Å². The molecule has 0 saturated carbocycles. The molecule has 0 bridgehead atoms. The second-order valence-corrected chi connectivity index (χ2v) is 11.2. The SMILES string of the molecule is C=C/C=C(/C)C/C(=C\C)N(C)c1ccc(-c2ccc(N(/C=C/C(/C=C\C)=C(C)\C=C/C)C(/C=C\C)=C/c3ccccc3)cc2)cc1. The van der Waals surface area contributed by atoms with E-state index in [1.165, 1.54) is 33.5 Å². The molecule has 2 heteroatoms. The van der Waals surface area contributed by atoms with Crippen molar-refractivity contribution in [3.05, 3.63) is 186 Å². The van der Waals surface area contributed by atoms with E-state index in [4.69, 9.17) is 0 Å². The molecule has 0 atom stereocenters. The lowest BCUT2D eigenvalue weighted by Crippen LogP contribution is -2.16. The summed E-state index contributed by atoms with van der Waals surface area (Å²) in [5.41, 5.74) is 11.8. The van der Waals surface area contributed by atoms with Crippen molar-refractivity contribution in [2.75, 3.05) is 16.8 Å². The third-order valence-corrected chi connectivity index (χ3v) is 7.71.